The zero-order valence-corrected chi connectivity index (χ0v) is 19.8. The van der Waals surface area contributed by atoms with Crippen LogP contribution in [0, 0.1) is 0 Å². The number of rotatable bonds is 5. The molecule has 1 aliphatic heterocycles. The van der Waals surface area contributed by atoms with Gasteiger partial charge in [-0.2, -0.15) is 0 Å². The van der Waals surface area contributed by atoms with Gasteiger partial charge in [-0.1, -0.05) is 66.6 Å². The lowest BCUT2D eigenvalue weighted by Gasteiger charge is -2.42. The van der Waals surface area contributed by atoms with Gasteiger partial charge in [0.15, 0.2) is 0 Å². The highest BCUT2D eigenvalue weighted by Gasteiger charge is 2.50. The highest BCUT2D eigenvalue weighted by Crippen LogP contribution is 2.33. The van der Waals surface area contributed by atoms with Crippen LogP contribution in [0.1, 0.15) is 76.7 Å². The van der Waals surface area contributed by atoms with Crippen molar-refractivity contribution < 1.29 is 14.4 Å². The van der Waals surface area contributed by atoms with Crippen molar-refractivity contribution >= 4 is 33.8 Å². The summed E-state index contributed by atoms with van der Waals surface area (Å²) in [6.07, 6.45) is 11.1. The van der Waals surface area contributed by atoms with Gasteiger partial charge in [-0.05, 0) is 50.3 Å². The summed E-state index contributed by atoms with van der Waals surface area (Å²) in [5.41, 5.74) is -0.464. The third kappa shape index (κ3) is 4.52. The van der Waals surface area contributed by atoms with Crippen LogP contribution in [0.25, 0.3) is 0 Å². The number of carbonyl (C=O) groups excluding carboxylic acids is 3. The Kier molecular flexibility index (Phi) is 6.70. The number of hydrogen-bond donors (Lipinski definition) is 1. The van der Waals surface area contributed by atoms with E-state index in [4.69, 9.17) is 0 Å². The van der Waals surface area contributed by atoms with Gasteiger partial charge in [0, 0.05) is 16.6 Å². The van der Waals surface area contributed by atoms with Crippen LogP contribution >= 0.6 is 15.9 Å². The number of amides is 4. The van der Waals surface area contributed by atoms with Gasteiger partial charge >= 0.3 is 6.03 Å². The fourth-order valence-corrected chi connectivity index (χ4v) is 5.88. The average molecular weight is 490 g/mol. The maximum atomic E-state index is 13.5. The van der Waals surface area contributed by atoms with Gasteiger partial charge in [0.1, 0.15) is 12.1 Å². The summed E-state index contributed by atoms with van der Waals surface area (Å²) >= 11 is 3.43. The van der Waals surface area contributed by atoms with Crippen LogP contribution < -0.4 is 5.32 Å². The normalized spacial score (nSPS) is 25.5. The summed E-state index contributed by atoms with van der Waals surface area (Å²) < 4.78 is 0.837. The van der Waals surface area contributed by atoms with Gasteiger partial charge in [0.2, 0.25) is 5.91 Å². The van der Waals surface area contributed by atoms with Crippen molar-refractivity contribution in [3.05, 3.63) is 34.3 Å². The monoisotopic (exact) mass is 489 g/mol. The summed E-state index contributed by atoms with van der Waals surface area (Å²) in [4.78, 5) is 42.8. The summed E-state index contributed by atoms with van der Waals surface area (Å²) in [5, 5.41) is 2.82. The molecule has 4 rings (SSSR count). The average Bonchev–Trinajstić information content (AvgIpc) is 2.99. The number of hydrogen-bond acceptors (Lipinski definition) is 3. The molecule has 1 N–H and O–H groups in total. The maximum absolute atomic E-state index is 13.5. The van der Waals surface area contributed by atoms with Crippen molar-refractivity contribution in [3.63, 3.8) is 0 Å². The Bertz CT molecular complexity index is 830. The van der Waals surface area contributed by atoms with Gasteiger partial charge in [0.25, 0.3) is 5.91 Å². The molecular formula is C24H32BrN3O3. The van der Waals surface area contributed by atoms with E-state index in [9.17, 15) is 14.4 Å². The second-order valence-electron chi connectivity index (χ2n) is 9.34. The minimum atomic E-state index is -1.17. The summed E-state index contributed by atoms with van der Waals surface area (Å²) in [6, 6.07) is 7.36. The Balaban J connectivity index is 1.53. The molecule has 6 nitrogen and oxygen atoms in total. The third-order valence-electron chi connectivity index (χ3n) is 7.19. The van der Waals surface area contributed by atoms with Gasteiger partial charge in [-0.25, -0.2) is 4.79 Å². The SMILES string of the molecule is C[C@@]1(c2cccc(Br)c2)NC(=O)N(CC(=O)N(C2CCCCC2)C2CCCCC2)C1=O. The first-order valence-corrected chi connectivity index (χ1v) is 12.4. The van der Waals surface area contributed by atoms with Crippen molar-refractivity contribution in [2.45, 2.75) is 88.8 Å². The molecule has 0 unspecified atom stereocenters. The number of imide groups is 1. The predicted molar refractivity (Wildman–Crippen MR) is 122 cm³/mol. The van der Waals surface area contributed by atoms with E-state index in [0.717, 1.165) is 60.7 Å². The maximum Gasteiger partial charge on any atom is 0.325 e. The number of nitrogens with one attached hydrogen (secondary N) is 1. The van der Waals surface area contributed by atoms with E-state index in [0.29, 0.717) is 5.56 Å². The highest BCUT2D eigenvalue weighted by atomic mass is 79.9. The quantitative estimate of drug-likeness (QED) is 0.608. The van der Waals surface area contributed by atoms with Crippen LogP contribution in [0.5, 0.6) is 0 Å². The molecule has 168 valence electrons. The molecule has 3 aliphatic rings. The van der Waals surface area contributed by atoms with E-state index < -0.39 is 11.6 Å². The lowest BCUT2D eigenvalue weighted by molar-refractivity contribution is -0.143. The fraction of sp³-hybridized carbons (Fsp3) is 0.625. The van der Waals surface area contributed by atoms with E-state index in [2.05, 4.69) is 26.1 Å². The van der Waals surface area contributed by atoms with E-state index in [-0.39, 0.29) is 30.4 Å². The van der Waals surface area contributed by atoms with E-state index in [1.165, 1.54) is 12.8 Å². The van der Waals surface area contributed by atoms with Gasteiger partial charge < -0.3 is 10.2 Å². The Morgan fingerprint density at radius 1 is 1.06 bits per heavy atom. The minimum absolute atomic E-state index is 0.0826. The first-order chi connectivity index (χ1) is 14.9. The Morgan fingerprint density at radius 3 is 2.19 bits per heavy atom. The number of urea groups is 1. The molecule has 3 fully saturated rings. The third-order valence-corrected chi connectivity index (χ3v) is 7.69. The molecule has 1 aromatic carbocycles. The number of carbonyl (C=O) groups is 3. The molecule has 1 saturated heterocycles. The first-order valence-electron chi connectivity index (χ1n) is 11.6. The summed E-state index contributed by atoms with van der Waals surface area (Å²) in [7, 11) is 0. The Labute approximate surface area is 192 Å². The van der Waals surface area contributed by atoms with Crippen LogP contribution in [0.4, 0.5) is 4.79 Å². The molecule has 1 heterocycles. The van der Waals surface area contributed by atoms with Crippen molar-refractivity contribution in [1.29, 1.82) is 0 Å². The fourth-order valence-electron chi connectivity index (χ4n) is 5.48. The molecule has 31 heavy (non-hydrogen) atoms. The Morgan fingerprint density at radius 2 is 1.65 bits per heavy atom. The van der Waals surface area contributed by atoms with Crippen molar-refractivity contribution in [3.8, 4) is 0 Å². The predicted octanol–water partition coefficient (Wildman–Crippen LogP) is 4.71. The van der Waals surface area contributed by atoms with Gasteiger partial charge in [0.05, 0.1) is 0 Å². The molecule has 0 radical (unpaired) electrons. The Hall–Kier alpha value is -1.89. The largest absolute Gasteiger partial charge is 0.335 e. The molecule has 2 aliphatic carbocycles. The molecule has 4 amide bonds. The lowest BCUT2D eigenvalue weighted by atomic mass is 9.88. The molecular weight excluding hydrogens is 458 g/mol. The number of nitrogens with zero attached hydrogens (tertiary/aromatic N) is 2. The molecule has 1 aromatic rings. The van der Waals surface area contributed by atoms with Crippen molar-refractivity contribution in [2.24, 2.45) is 0 Å². The van der Waals surface area contributed by atoms with E-state index >= 15 is 0 Å². The van der Waals surface area contributed by atoms with Crippen LogP contribution in [0.15, 0.2) is 28.7 Å². The topological polar surface area (TPSA) is 69.7 Å². The standard InChI is InChI=1S/C24H32BrN3O3/c1-24(17-9-8-10-18(25)15-17)22(30)27(23(31)26-24)16-21(29)28(19-11-4-2-5-12-19)20-13-6-3-7-14-20/h8-10,15,19-20H,2-7,11-14,16H2,1H3,(H,26,31)/t24-/m0/s1. The summed E-state index contributed by atoms with van der Waals surface area (Å²) in [6.45, 7) is 1.53. The van der Waals surface area contributed by atoms with Crippen molar-refractivity contribution in [2.75, 3.05) is 6.54 Å². The molecule has 0 bridgehead atoms. The molecule has 1 atom stereocenters. The van der Waals surface area contributed by atoms with E-state index in [1.54, 1.807) is 6.92 Å². The number of benzene rings is 1. The highest BCUT2D eigenvalue weighted by molar-refractivity contribution is 9.10. The lowest BCUT2D eigenvalue weighted by Crippen LogP contribution is -2.53. The molecule has 2 saturated carbocycles. The zero-order chi connectivity index (χ0) is 22.0. The molecule has 0 aromatic heterocycles. The van der Waals surface area contributed by atoms with Crippen LogP contribution in [0.3, 0.4) is 0 Å². The minimum Gasteiger partial charge on any atom is -0.335 e. The smallest absolute Gasteiger partial charge is 0.325 e. The first kappa shape index (κ1) is 22.3. The van der Waals surface area contributed by atoms with Gasteiger partial charge in [-0.15, -0.1) is 0 Å². The molecule has 0 spiro atoms. The van der Waals surface area contributed by atoms with Crippen molar-refractivity contribution in [1.82, 2.24) is 15.1 Å². The summed E-state index contributed by atoms with van der Waals surface area (Å²) in [5.74, 6) is -0.447. The van der Waals surface area contributed by atoms with Crippen LogP contribution in [-0.2, 0) is 15.1 Å². The second kappa shape index (κ2) is 9.31. The molecule has 7 heteroatoms. The second-order valence-corrected chi connectivity index (χ2v) is 10.3. The van der Waals surface area contributed by atoms with Crippen LogP contribution in [0.2, 0.25) is 0 Å². The zero-order valence-electron chi connectivity index (χ0n) is 18.2. The van der Waals surface area contributed by atoms with E-state index in [1.807, 2.05) is 24.3 Å². The number of halogens is 1. The van der Waals surface area contributed by atoms with Gasteiger partial charge in [-0.3, -0.25) is 14.5 Å². The van der Waals surface area contributed by atoms with Crippen LogP contribution in [-0.4, -0.2) is 46.3 Å².